The summed E-state index contributed by atoms with van der Waals surface area (Å²) in [6, 6.07) is 9.52. The Balaban J connectivity index is 2.83. The third kappa shape index (κ3) is 3.47. The standard InChI is InChI=1S/C14H20N2O/c1-11(2)14(3,17)10-16(4)13-7-5-6-12(8-13)9-15/h5-8,11,17H,10H2,1-4H3. The Morgan fingerprint density at radius 3 is 2.65 bits per heavy atom. The number of anilines is 1. The maximum absolute atomic E-state index is 10.2. The summed E-state index contributed by atoms with van der Waals surface area (Å²) in [5.41, 5.74) is 0.848. The van der Waals surface area contributed by atoms with Crippen LogP contribution in [0.1, 0.15) is 26.3 Å². The van der Waals surface area contributed by atoms with E-state index in [2.05, 4.69) is 6.07 Å². The molecule has 3 heteroatoms. The first-order valence-electron chi connectivity index (χ1n) is 5.80. The molecule has 17 heavy (non-hydrogen) atoms. The first-order chi connectivity index (χ1) is 7.86. The number of nitrogens with zero attached hydrogens (tertiary/aromatic N) is 2. The number of aliphatic hydroxyl groups is 1. The van der Waals surface area contributed by atoms with E-state index in [9.17, 15) is 5.11 Å². The van der Waals surface area contributed by atoms with E-state index in [4.69, 9.17) is 5.26 Å². The Hall–Kier alpha value is -1.53. The molecule has 0 aromatic heterocycles. The van der Waals surface area contributed by atoms with Crippen LogP contribution in [-0.4, -0.2) is 24.3 Å². The van der Waals surface area contributed by atoms with Crippen LogP contribution in [-0.2, 0) is 0 Å². The number of rotatable bonds is 4. The monoisotopic (exact) mass is 232 g/mol. The summed E-state index contributed by atoms with van der Waals surface area (Å²) in [6.45, 7) is 6.38. The summed E-state index contributed by atoms with van der Waals surface area (Å²) >= 11 is 0. The predicted molar refractivity (Wildman–Crippen MR) is 69.9 cm³/mol. The molecule has 0 amide bonds. The topological polar surface area (TPSA) is 47.3 Å². The van der Waals surface area contributed by atoms with Crippen molar-refractivity contribution < 1.29 is 5.11 Å². The van der Waals surface area contributed by atoms with Crippen LogP contribution in [0.2, 0.25) is 0 Å². The second kappa shape index (κ2) is 5.20. The SMILES string of the molecule is CC(C)C(C)(O)CN(C)c1cccc(C#N)c1. The lowest BCUT2D eigenvalue weighted by Crippen LogP contribution is -2.43. The summed E-state index contributed by atoms with van der Waals surface area (Å²) in [6.07, 6.45) is 0. The lowest BCUT2D eigenvalue weighted by molar-refractivity contribution is 0.0216. The Morgan fingerprint density at radius 2 is 2.12 bits per heavy atom. The van der Waals surface area contributed by atoms with Crippen LogP contribution < -0.4 is 4.90 Å². The highest BCUT2D eigenvalue weighted by Crippen LogP contribution is 2.21. The minimum absolute atomic E-state index is 0.184. The first kappa shape index (κ1) is 13.5. The molecular formula is C14H20N2O. The molecule has 1 N–H and O–H groups in total. The van der Waals surface area contributed by atoms with Crippen molar-refractivity contribution in [2.75, 3.05) is 18.5 Å². The molecule has 0 bridgehead atoms. The average molecular weight is 232 g/mol. The average Bonchev–Trinajstić information content (AvgIpc) is 2.28. The van der Waals surface area contributed by atoms with Gasteiger partial charge < -0.3 is 10.0 Å². The largest absolute Gasteiger partial charge is 0.388 e. The van der Waals surface area contributed by atoms with E-state index in [-0.39, 0.29) is 5.92 Å². The minimum atomic E-state index is -0.739. The molecule has 1 atom stereocenters. The molecule has 0 saturated heterocycles. The van der Waals surface area contributed by atoms with Gasteiger partial charge in [0.2, 0.25) is 0 Å². The van der Waals surface area contributed by atoms with Crippen molar-refractivity contribution in [3.63, 3.8) is 0 Å². The fourth-order valence-corrected chi connectivity index (χ4v) is 1.57. The Labute approximate surface area is 103 Å². The number of nitriles is 1. The van der Waals surface area contributed by atoms with E-state index < -0.39 is 5.60 Å². The Kier molecular flexibility index (Phi) is 4.14. The second-order valence-corrected chi connectivity index (χ2v) is 5.03. The van der Waals surface area contributed by atoms with Crippen LogP contribution in [0.25, 0.3) is 0 Å². The molecule has 0 fully saturated rings. The summed E-state index contributed by atoms with van der Waals surface area (Å²) < 4.78 is 0. The molecule has 0 aliphatic rings. The van der Waals surface area contributed by atoms with Gasteiger partial charge in [0.25, 0.3) is 0 Å². The van der Waals surface area contributed by atoms with Gasteiger partial charge in [0.15, 0.2) is 0 Å². The van der Waals surface area contributed by atoms with E-state index in [1.54, 1.807) is 6.07 Å². The van der Waals surface area contributed by atoms with Gasteiger partial charge in [-0.2, -0.15) is 5.26 Å². The van der Waals surface area contributed by atoms with Crippen LogP contribution in [0.3, 0.4) is 0 Å². The smallest absolute Gasteiger partial charge is 0.0992 e. The van der Waals surface area contributed by atoms with E-state index in [1.165, 1.54) is 0 Å². The van der Waals surface area contributed by atoms with Crippen molar-refractivity contribution in [1.82, 2.24) is 0 Å². The second-order valence-electron chi connectivity index (χ2n) is 5.03. The molecule has 0 radical (unpaired) electrons. The van der Waals surface area contributed by atoms with E-state index in [0.717, 1.165) is 5.69 Å². The molecule has 92 valence electrons. The summed E-state index contributed by atoms with van der Waals surface area (Å²) in [4.78, 5) is 1.97. The molecule has 1 aromatic rings. The van der Waals surface area contributed by atoms with Gasteiger partial charge in [-0.05, 0) is 31.0 Å². The quantitative estimate of drug-likeness (QED) is 0.867. The molecular weight excluding hydrogens is 212 g/mol. The fraction of sp³-hybridized carbons (Fsp3) is 0.500. The Bertz CT molecular complexity index is 418. The van der Waals surface area contributed by atoms with Gasteiger partial charge in [-0.3, -0.25) is 0 Å². The zero-order valence-electron chi connectivity index (χ0n) is 10.9. The van der Waals surface area contributed by atoms with Gasteiger partial charge in [0.1, 0.15) is 0 Å². The van der Waals surface area contributed by atoms with Gasteiger partial charge in [-0.15, -0.1) is 0 Å². The van der Waals surface area contributed by atoms with Gasteiger partial charge in [-0.1, -0.05) is 19.9 Å². The summed E-state index contributed by atoms with van der Waals surface area (Å²) in [5, 5.41) is 19.1. The van der Waals surface area contributed by atoms with Crippen molar-refractivity contribution in [3.05, 3.63) is 29.8 Å². The van der Waals surface area contributed by atoms with Crippen molar-refractivity contribution >= 4 is 5.69 Å². The van der Waals surface area contributed by atoms with E-state index >= 15 is 0 Å². The number of benzene rings is 1. The predicted octanol–water partition coefficient (Wildman–Crippen LogP) is 2.40. The molecule has 3 nitrogen and oxygen atoms in total. The third-order valence-electron chi connectivity index (χ3n) is 3.22. The zero-order valence-corrected chi connectivity index (χ0v) is 10.9. The van der Waals surface area contributed by atoms with E-state index in [0.29, 0.717) is 12.1 Å². The van der Waals surface area contributed by atoms with Gasteiger partial charge in [-0.25, -0.2) is 0 Å². The van der Waals surface area contributed by atoms with Crippen LogP contribution in [0.4, 0.5) is 5.69 Å². The van der Waals surface area contributed by atoms with Crippen molar-refractivity contribution in [3.8, 4) is 6.07 Å². The van der Waals surface area contributed by atoms with Gasteiger partial charge in [0, 0.05) is 19.3 Å². The van der Waals surface area contributed by atoms with E-state index in [1.807, 2.05) is 50.9 Å². The number of hydrogen-bond donors (Lipinski definition) is 1. The zero-order chi connectivity index (χ0) is 13.1. The lowest BCUT2D eigenvalue weighted by atomic mass is 9.92. The maximum Gasteiger partial charge on any atom is 0.0992 e. The molecule has 0 aliphatic heterocycles. The highest BCUT2D eigenvalue weighted by Gasteiger charge is 2.26. The minimum Gasteiger partial charge on any atom is -0.388 e. The van der Waals surface area contributed by atoms with Gasteiger partial charge in [0.05, 0.1) is 17.2 Å². The molecule has 0 aliphatic carbocycles. The highest BCUT2D eigenvalue weighted by molar-refractivity contribution is 5.51. The molecule has 0 heterocycles. The summed E-state index contributed by atoms with van der Waals surface area (Å²) in [7, 11) is 1.92. The van der Waals surface area contributed by atoms with Crippen LogP contribution in [0.15, 0.2) is 24.3 Å². The normalized spacial score (nSPS) is 14.2. The number of likely N-dealkylation sites (N-methyl/N-ethyl adjacent to an activating group) is 1. The Morgan fingerprint density at radius 1 is 1.47 bits per heavy atom. The third-order valence-corrected chi connectivity index (χ3v) is 3.22. The molecule has 1 rings (SSSR count). The number of hydrogen-bond acceptors (Lipinski definition) is 3. The lowest BCUT2D eigenvalue weighted by Gasteiger charge is -2.33. The molecule has 0 spiro atoms. The fourth-order valence-electron chi connectivity index (χ4n) is 1.57. The van der Waals surface area contributed by atoms with Crippen LogP contribution >= 0.6 is 0 Å². The van der Waals surface area contributed by atoms with Crippen LogP contribution in [0, 0.1) is 17.2 Å². The van der Waals surface area contributed by atoms with Crippen molar-refractivity contribution in [1.29, 1.82) is 5.26 Å². The van der Waals surface area contributed by atoms with Crippen molar-refractivity contribution in [2.45, 2.75) is 26.4 Å². The molecule has 1 unspecified atom stereocenters. The maximum atomic E-state index is 10.2. The van der Waals surface area contributed by atoms with Gasteiger partial charge >= 0.3 is 0 Å². The first-order valence-corrected chi connectivity index (χ1v) is 5.80. The van der Waals surface area contributed by atoms with Crippen molar-refractivity contribution in [2.24, 2.45) is 5.92 Å². The summed E-state index contributed by atoms with van der Waals surface area (Å²) in [5.74, 6) is 0.184. The molecule has 0 saturated carbocycles. The van der Waals surface area contributed by atoms with Crippen LogP contribution in [0.5, 0.6) is 0 Å². The molecule has 1 aromatic carbocycles. The highest BCUT2D eigenvalue weighted by atomic mass is 16.3.